The van der Waals surface area contributed by atoms with E-state index in [1.807, 2.05) is 25.2 Å². The number of aromatic nitrogens is 2. The van der Waals surface area contributed by atoms with Crippen LogP contribution < -0.4 is 15.2 Å². The average molecular weight is 261 g/mol. The quantitative estimate of drug-likeness (QED) is 0.917. The molecule has 0 atom stereocenters. The first-order chi connectivity index (χ1) is 9.10. The minimum Gasteiger partial charge on any atom is -0.496 e. The third-order valence-corrected chi connectivity index (χ3v) is 3.18. The van der Waals surface area contributed by atoms with Crippen LogP contribution in [0, 0.1) is 0 Å². The lowest BCUT2D eigenvalue weighted by Crippen LogP contribution is -1.97. The highest BCUT2D eigenvalue weighted by Gasteiger charge is 2.14. The minimum absolute atomic E-state index is 0.607. The Bertz CT molecular complexity index is 571. The normalized spacial score (nSPS) is 10.5. The summed E-state index contributed by atoms with van der Waals surface area (Å²) in [5, 5.41) is 4.38. The van der Waals surface area contributed by atoms with Crippen LogP contribution in [0.5, 0.6) is 11.5 Å². The molecule has 1 aromatic carbocycles. The third-order valence-electron chi connectivity index (χ3n) is 3.18. The molecule has 0 aliphatic carbocycles. The fourth-order valence-electron chi connectivity index (χ4n) is 2.05. The van der Waals surface area contributed by atoms with Gasteiger partial charge in [0, 0.05) is 18.7 Å². The second-order valence-electron chi connectivity index (χ2n) is 4.30. The van der Waals surface area contributed by atoms with Crippen LogP contribution in [-0.4, -0.2) is 24.0 Å². The minimum atomic E-state index is 0.607. The highest BCUT2D eigenvalue weighted by atomic mass is 16.5. The number of methoxy groups -OCH3 is 2. The largest absolute Gasteiger partial charge is 0.496 e. The zero-order valence-electron chi connectivity index (χ0n) is 11.7. The van der Waals surface area contributed by atoms with E-state index in [2.05, 4.69) is 12.0 Å². The summed E-state index contributed by atoms with van der Waals surface area (Å²) in [7, 11) is 5.12. The molecule has 0 amide bonds. The summed E-state index contributed by atoms with van der Waals surface area (Å²) < 4.78 is 12.5. The highest BCUT2D eigenvalue weighted by Crippen LogP contribution is 2.36. The molecule has 102 valence electrons. The van der Waals surface area contributed by atoms with Gasteiger partial charge in [-0.2, -0.15) is 5.10 Å². The molecule has 0 spiro atoms. The molecule has 5 nitrogen and oxygen atoms in total. The van der Waals surface area contributed by atoms with Gasteiger partial charge in [-0.25, -0.2) is 0 Å². The van der Waals surface area contributed by atoms with Gasteiger partial charge in [-0.15, -0.1) is 0 Å². The summed E-state index contributed by atoms with van der Waals surface area (Å²) in [6, 6.07) is 5.75. The van der Waals surface area contributed by atoms with Gasteiger partial charge in [0.2, 0.25) is 0 Å². The summed E-state index contributed by atoms with van der Waals surface area (Å²) in [6.07, 6.45) is 0.879. The number of nitrogens with zero attached hydrogens (tertiary/aromatic N) is 2. The highest BCUT2D eigenvalue weighted by molar-refractivity contribution is 5.72. The standard InChI is InChI=1S/C14H19N3O2/c1-5-9-6-13(19-4)10(7-12(9)18-3)11-8-14(15)17(2)16-11/h6-8H,5,15H2,1-4H3. The molecule has 0 saturated carbocycles. The molecule has 1 heterocycles. The lowest BCUT2D eigenvalue weighted by Gasteiger charge is -2.12. The predicted octanol–water partition coefficient (Wildman–Crippen LogP) is 2.25. The number of rotatable bonds is 4. The molecule has 0 aliphatic rings. The van der Waals surface area contributed by atoms with Gasteiger partial charge in [0.1, 0.15) is 17.3 Å². The van der Waals surface area contributed by atoms with Gasteiger partial charge in [-0.05, 0) is 24.1 Å². The van der Waals surface area contributed by atoms with Crippen molar-refractivity contribution >= 4 is 5.82 Å². The van der Waals surface area contributed by atoms with Crippen molar-refractivity contribution in [1.29, 1.82) is 0 Å². The Hall–Kier alpha value is -2.17. The monoisotopic (exact) mass is 261 g/mol. The first-order valence-electron chi connectivity index (χ1n) is 6.15. The second kappa shape index (κ2) is 5.22. The maximum atomic E-state index is 5.82. The van der Waals surface area contributed by atoms with Crippen LogP contribution in [0.15, 0.2) is 18.2 Å². The smallest absolute Gasteiger partial charge is 0.128 e. The molecule has 0 unspecified atom stereocenters. The van der Waals surface area contributed by atoms with Crippen LogP contribution >= 0.6 is 0 Å². The molecule has 19 heavy (non-hydrogen) atoms. The predicted molar refractivity (Wildman–Crippen MR) is 75.5 cm³/mol. The topological polar surface area (TPSA) is 62.3 Å². The Morgan fingerprint density at radius 1 is 1.16 bits per heavy atom. The molecule has 2 rings (SSSR count). The van der Waals surface area contributed by atoms with Crippen molar-refractivity contribution in [1.82, 2.24) is 9.78 Å². The van der Waals surface area contributed by atoms with E-state index >= 15 is 0 Å². The third kappa shape index (κ3) is 2.36. The molecule has 5 heteroatoms. The van der Waals surface area contributed by atoms with Crippen molar-refractivity contribution < 1.29 is 9.47 Å². The molecule has 0 saturated heterocycles. The lowest BCUT2D eigenvalue weighted by molar-refractivity contribution is 0.400. The van der Waals surface area contributed by atoms with Crippen molar-refractivity contribution in [2.45, 2.75) is 13.3 Å². The summed E-state index contributed by atoms with van der Waals surface area (Å²) in [5.41, 5.74) is 8.58. The zero-order chi connectivity index (χ0) is 14.0. The van der Waals surface area contributed by atoms with Crippen LogP contribution in [0.1, 0.15) is 12.5 Å². The summed E-state index contributed by atoms with van der Waals surface area (Å²) in [6.45, 7) is 2.08. The SMILES string of the molecule is CCc1cc(OC)c(-c2cc(N)n(C)n2)cc1OC. The van der Waals surface area contributed by atoms with Gasteiger partial charge in [-0.1, -0.05) is 6.92 Å². The number of nitrogens with two attached hydrogens (primary N) is 1. The molecule has 2 aromatic rings. The number of hydrogen-bond acceptors (Lipinski definition) is 4. The van der Waals surface area contributed by atoms with E-state index in [9.17, 15) is 0 Å². The second-order valence-corrected chi connectivity index (χ2v) is 4.30. The van der Waals surface area contributed by atoms with E-state index in [0.717, 1.165) is 34.7 Å². The fraction of sp³-hybridized carbons (Fsp3) is 0.357. The van der Waals surface area contributed by atoms with E-state index in [4.69, 9.17) is 15.2 Å². The molecule has 2 N–H and O–H groups in total. The molecular weight excluding hydrogens is 242 g/mol. The van der Waals surface area contributed by atoms with Crippen molar-refractivity contribution in [3.63, 3.8) is 0 Å². The van der Waals surface area contributed by atoms with E-state index < -0.39 is 0 Å². The van der Waals surface area contributed by atoms with E-state index in [1.54, 1.807) is 18.9 Å². The van der Waals surface area contributed by atoms with Crippen molar-refractivity contribution in [3.8, 4) is 22.8 Å². The molecule has 0 fully saturated rings. The van der Waals surface area contributed by atoms with Gasteiger partial charge >= 0.3 is 0 Å². The number of hydrogen-bond donors (Lipinski definition) is 1. The van der Waals surface area contributed by atoms with Crippen LogP contribution in [0.4, 0.5) is 5.82 Å². The van der Waals surface area contributed by atoms with Crippen LogP contribution in [0.2, 0.25) is 0 Å². The Kier molecular flexibility index (Phi) is 3.64. The first kappa shape index (κ1) is 13.3. The van der Waals surface area contributed by atoms with Gasteiger partial charge in [0.05, 0.1) is 19.9 Å². The Balaban J connectivity index is 2.61. The number of benzene rings is 1. The lowest BCUT2D eigenvalue weighted by atomic mass is 10.0. The van der Waals surface area contributed by atoms with Crippen molar-refractivity contribution in [3.05, 3.63) is 23.8 Å². The van der Waals surface area contributed by atoms with Crippen LogP contribution in [0.25, 0.3) is 11.3 Å². The van der Waals surface area contributed by atoms with Gasteiger partial charge in [0.15, 0.2) is 0 Å². The summed E-state index contributed by atoms with van der Waals surface area (Å²) in [5.74, 6) is 2.22. The van der Waals surface area contributed by atoms with Gasteiger partial charge in [0.25, 0.3) is 0 Å². The molecule has 1 aromatic heterocycles. The molecule has 0 radical (unpaired) electrons. The average Bonchev–Trinajstić information content (AvgIpc) is 2.76. The van der Waals surface area contributed by atoms with E-state index in [1.165, 1.54) is 0 Å². The number of nitrogen functional groups attached to an aromatic ring is 1. The molecule has 0 bridgehead atoms. The maximum Gasteiger partial charge on any atom is 0.128 e. The fourth-order valence-corrected chi connectivity index (χ4v) is 2.05. The Morgan fingerprint density at radius 3 is 2.32 bits per heavy atom. The Morgan fingerprint density at radius 2 is 1.84 bits per heavy atom. The Labute approximate surface area is 112 Å². The molecule has 0 aliphatic heterocycles. The maximum absolute atomic E-state index is 5.82. The summed E-state index contributed by atoms with van der Waals surface area (Å²) in [4.78, 5) is 0. The van der Waals surface area contributed by atoms with Crippen molar-refractivity contribution in [2.75, 3.05) is 20.0 Å². The summed E-state index contributed by atoms with van der Waals surface area (Å²) >= 11 is 0. The number of ether oxygens (including phenoxy) is 2. The zero-order valence-corrected chi connectivity index (χ0v) is 11.7. The number of aryl methyl sites for hydroxylation is 2. The van der Waals surface area contributed by atoms with Crippen LogP contribution in [0.3, 0.4) is 0 Å². The van der Waals surface area contributed by atoms with E-state index in [-0.39, 0.29) is 0 Å². The van der Waals surface area contributed by atoms with Crippen molar-refractivity contribution in [2.24, 2.45) is 7.05 Å². The van der Waals surface area contributed by atoms with E-state index in [0.29, 0.717) is 5.82 Å². The molecular formula is C14H19N3O2. The van der Waals surface area contributed by atoms with Gasteiger partial charge in [-0.3, -0.25) is 4.68 Å². The number of anilines is 1. The first-order valence-corrected chi connectivity index (χ1v) is 6.15. The van der Waals surface area contributed by atoms with Crippen LogP contribution in [-0.2, 0) is 13.5 Å². The van der Waals surface area contributed by atoms with Gasteiger partial charge < -0.3 is 15.2 Å².